The Balaban J connectivity index is 1.72. The SMILES string of the molecule is O=C(CCN1CCC[C@H]1c1cccs1)NC(=O)NCC(F)(F)F. The Labute approximate surface area is 135 Å². The molecule has 1 fully saturated rings. The molecule has 5 nitrogen and oxygen atoms in total. The van der Waals surface area contributed by atoms with Gasteiger partial charge in [0.05, 0.1) is 0 Å². The van der Waals surface area contributed by atoms with Crippen molar-refractivity contribution in [3.63, 3.8) is 0 Å². The lowest BCUT2D eigenvalue weighted by atomic mass is 10.2. The molecular weight excluding hydrogens is 331 g/mol. The summed E-state index contributed by atoms with van der Waals surface area (Å²) in [6, 6.07) is 3.19. The number of carbonyl (C=O) groups excluding carboxylic acids is 2. The van der Waals surface area contributed by atoms with E-state index in [9.17, 15) is 22.8 Å². The molecule has 0 saturated carbocycles. The van der Waals surface area contributed by atoms with Gasteiger partial charge in [0.15, 0.2) is 0 Å². The standard InChI is InChI=1S/C14H18F3N3O2S/c15-14(16,17)9-18-13(22)19-12(21)5-7-20-6-1-3-10(20)11-4-2-8-23-11/h2,4,8,10H,1,3,5-7,9H2,(H2,18,19,21,22)/t10-/m0/s1. The molecule has 2 N–H and O–H groups in total. The van der Waals surface area contributed by atoms with Crippen LogP contribution < -0.4 is 10.6 Å². The van der Waals surface area contributed by atoms with Gasteiger partial charge in [-0.1, -0.05) is 6.07 Å². The monoisotopic (exact) mass is 349 g/mol. The normalized spacial score (nSPS) is 18.8. The average Bonchev–Trinajstić information content (AvgIpc) is 3.12. The van der Waals surface area contributed by atoms with E-state index in [0.717, 1.165) is 19.4 Å². The van der Waals surface area contributed by atoms with Gasteiger partial charge in [0.1, 0.15) is 6.54 Å². The Kier molecular flexibility index (Phi) is 6.00. The quantitative estimate of drug-likeness (QED) is 0.859. The highest BCUT2D eigenvalue weighted by Crippen LogP contribution is 2.34. The van der Waals surface area contributed by atoms with Crippen LogP contribution in [0.4, 0.5) is 18.0 Å². The van der Waals surface area contributed by atoms with Crippen molar-refractivity contribution in [3.8, 4) is 0 Å². The molecule has 0 unspecified atom stereocenters. The smallest absolute Gasteiger partial charge is 0.329 e. The minimum atomic E-state index is -4.50. The van der Waals surface area contributed by atoms with Gasteiger partial charge < -0.3 is 5.32 Å². The molecule has 23 heavy (non-hydrogen) atoms. The van der Waals surface area contributed by atoms with E-state index in [-0.39, 0.29) is 12.5 Å². The second kappa shape index (κ2) is 7.78. The van der Waals surface area contributed by atoms with Gasteiger partial charge in [-0.05, 0) is 30.8 Å². The Hall–Kier alpha value is -1.61. The fourth-order valence-electron chi connectivity index (χ4n) is 2.56. The number of amides is 3. The fraction of sp³-hybridized carbons (Fsp3) is 0.571. The van der Waals surface area contributed by atoms with E-state index in [0.29, 0.717) is 6.54 Å². The van der Waals surface area contributed by atoms with E-state index < -0.39 is 24.7 Å². The minimum absolute atomic E-state index is 0.0707. The highest BCUT2D eigenvalue weighted by Gasteiger charge is 2.29. The van der Waals surface area contributed by atoms with E-state index in [1.807, 2.05) is 16.8 Å². The third-order valence-electron chi connectivity index (χ3n) is 3.56. The molecular formula is C14H18F3N3O2S. The first-order valence-corrected chi connectivity index (χ1v) is 8.15. The molecule has 0 radical (unpaired) electrons. The number of rotatable bonds is 5. The Morgan fingerprint density at radius 3 is 2.83 bits per heavy atom. The zero-order valence-corrected chi connectivity index (χ0v) is 13.2. The molecule has 1 aliphatic heterocycles. The van der Waals surface area contributed by atoms with E-state index in [2.05, 4.69) is 11.0 Å². The van der Waals surface area contributed by atoms with Crippen molar-refractivity contribution < 1.29 is 22.8 Å². The summed E-state index contributed by atoms with van der Waals surface area (Å²) < 4.78 is 35.9. The first kappa shape index (κ1) is 17.7. The topological polar surface area (TPSA) is 61.4 Å². The van der Waals surface area contributed by atoms with E-state index >= 15 is 0 Å². The van der Waals surface area contributed by atoms with Gasteiger partial charge in [-0.15, -0.1) is 11.3 Å². The molecule has 1 aliphatic rings. The number of imide groups is 1. The third-order valence-corrected chi connectivity index (χ3v) is 4.54. The van der Waals surface area contributed by atoms with Gasteiger partial charge in [0.25, 0.3) is 0 Å². The molecule has 1 saturated heterocycles. The van der Waals surface area contributed by atoms with E-state index in [4.69, 9.17) is 0 Å². The van der Waals surface area contributed by atoms with Crippen LogP contribution in [0.2, 0.25) is 0 Å². The summed E-state index contributed by atoms with van der Waals surface area (Å²) in [5.41, 5.74) is 0. The van der Waals surface area contributed by atoms with Crippen LogP contribution >= 0.6 is 11.3 Å². The van der Waals surface area contributed by atoms with Crippen LogP contribution in [0.15, 0.2) is 17.5 Å². The summed E-state index contributed by atoms with van der Waals surface area (Å²) in [5, 5.41) is 5.52. The number of likely N-dealkylation sites (tertiary alicyclic amines) is 1. The van der Waals surface area contributed by atoms with Gasteiger partial charge in [0.2, 0.25) is 5.91 Å². The molecule has 0 bridgehead atoms. The van der Waals surface area contributed by atoms with Gasteiger partial charge >= 0.3 is 12.2 Å². The first-order valence-electron chi connectivity index (χ1n) is 7.27. The lowest BCUT2D eigenvalue weighted by Crippen LogP contribution is -2.44. The number of carbonyl (C=O) groups is 2. The Morgan fingerprint density at radius 1 is 1.39 bits per heavy atom. The van der Waals surface area contributed by atoms with Crippen molar-refractivity contribution in [2.45, 2.75) is 31.5 Å². The summed E-state index contributed by atoms with van der Waals surface area (Å²) in [5.74, 6) is -0.582. The number of nitrogens with one attached hydrogen (secondary N) is 2. The second-order valence-electron chi connectivity index (χ2n) is 5.31. The number of alkyl halides is 3. The average molecular weight is 349 g/mol. The molecule has 0 aromatic carbocycles. The second-order valence-corrected chi connectivity index (χ2v) is 6.28. The van der Waals surface area contributed by atoms with Crippen molar-refractivity contribution in [2.75, 3.05) is 19.6 Å². The van der Waals surface area contributed by atoms with Crippen LogP contribution in [0.25, 0.3) is 0 Å². The number of nitrogens with zero attached hydrogens (tertiary/aromatic N) is 1. The van der Waals surface area contributed by atoms with E-state index in [1.165, 1.54) is 4.88 Å². The lowest BCUT2D eigenvalue weighted by molar-refractivity contribution is -0.124. The molecule has 9 heteroatoms. The predicted molar refractivity (Wildman–Crippen MR) is 80.1 cm³/mol. The number of hydrogen-bond donors (Lipinski definition) is 2. The largest absolute Gasteiger partial charge is 0.405 e. The van der Waals surface area contributed by atoms with Crippen molar-refractivity contribution in [3.05, 3.63) is 22.4 Å². The van der Waals surface area contributed by atoms with Crippen LogP contribution in [-0.2, 0) is 4.79 Å². The zero-order valence-electron chi connectivity index (χ0n) is 12.4. The van der Waals surface area contributed by atoms with Crippen molar-refractivity contribution >= 4 is 23.3 Å². The predicted octanol–water partition coefficient (Wildman–Crippen LogP) is 2.66. The van der Waals surface area contributed by atoms with Crippen LogP contribution in [0, 0.1) is 0 Å². The molecule has 128 valence electrons. The van der Waals surface area contributed by atoms with Gasteiger partial charge in [-0.3, -0.25) is 15.0 Å². The molecule has 1 aromatic rings. The summed E-state index contributed by atoms with van der Waals surface area (Å²) in [7, 11) is 0. The van der Waals surface area contributed by atoms with Crippen molar-refractivity contribution in [1.82, 2.24) is 15.5 Å². The summed E-state index contributed by atoms with van der Waals surface area (Å²) in [4.78, 5) is 26.3. The molecule has 1 aromatic heterocycles. The zero-order chi connectivity index (χ0) is 16.9. The van der Waals surface area contributed by atoms with E-state index in [1.54, 1.807) is 16.7 Å². The summed E-state index contributed by atoms with van der Waals surface area (Å²) in [6.45, 7) is -0.115. The maximum atomic E-state index is 12.0. The minimum Gasteiger partial charge on any atom is -0.329 e. The highest BCUT2D eigenvalue weighted by molar-refractivity contribution is 7.10. The fourth-order valence-corrected chi connectivity index (χ4v) is 3.45. The first-order chi connectivity index (χ1) is 10.8. The number of halogens is 3. The van der Waals surface area contributed by atoms with Gasteiger partial charge in [-0.25, -0.2) is 4.79 Å². The number of thiophene rings is 1. The molecule has 2 heterocycles. The highest BCUT2D eigenvalue weighted by atomic mass is 32.1. The maximum absolute atomic E-state index is 12.0. The van der Waals surface area contributed by atoms with Gasteiger partial charge in [-0.2, -0.15) is 13.2 Å². The van der Waals surface area contributed by atoms with Crippen LogP contribution in [0.3, 0.4) is 0 Å². The van der Waals surface area contributed by atoms with Crippen LogP contribution in [0.1, 0.15) is 30.2 Å². The van der Waals surface area contributed by atoms with Crippen molar-refractivity contribution in [2.24, 2.45) is 0 Å². The summed E-state index contributed by atoms with van der Waals surface area (Å²) in [6.07, 6.45) is -2.37. The van der Waals surface area contributed by atoms with Crippen LogP contribution in [0.5, 0.6) is 0 Å². The third kappa shape index (κ3) is 5.83. The van der Waals surface area contributed by atoms with Crippen molar-refractivity contribution in [1.29, 1.82) is 0 Å². The molecule has 3 amide bonds. The lowest BCUT2D eigenvalue weighted by Gasteiger charge is -2.23. The molecule has 2 rings (SSSR count). The number of hydrogen-bond acceptors (Lipinski definition) is 4. The Bertz CT molecular complexity index is 534. The Morgan fingerprint density at radius 2 is 2.17 bits per heavy atom. The molecule has 0 spiro atoms. The molecule has 1 atom stereocenters. The maximum Gasteiger partial charge on any atom is 0.405 e. The van der Waals surface area contributed by atoms with Gasteiger partial charge in [0, 0.05) is 23.9 Å². The van der Waals surface area contributed by atoms with Crippen LogP contribution in [-0.4, -0.2) is 42.6 Å². The molecule has 0 aliphatic carbocycles. The summed E-state index contributed by atoms with van der Waals surface area (Å²) >= 11 is 1.66. The number of urea groups is 1.